The molecule has 4 rings (SSSR count). The molecule has 7 nitrogen and oxygen atoms in total. The van der Waals surface area contributed by atoms with Gasteiger partial charge >= 0.3 is 0 Å². The van der Waals surface area contributed by atoms with Gasteiger partial charge in [0.1, 0.15) is 13.2 Å². The normalized spacial score (nSPS) is 14.3. The minimum absolute atomic E-state index is 0.218. The van der Waals surface area contributed by atoms with Crippen LogP contribution in [0.3, 0.4) is 0 Å². The molecule has 37 heavy (non-hydrogen) atoms. The number of amides is 3. The van der Waals surface area contributed by atoms with Gasteiger partial charge in [-0.25, -0.2) is 0 Å². The largest absolute Gasteiger partial charge is 0.493 e. The standard InChI is InChI=1S/C27H22ClIN2O5S/c1-16-7-9-19(10-8-16)30-24(32)14-31-26(33)23(37-27(31)34)13-17-11-21(29)25(22(12-17)35-2)36-15-18-5-3-4-6-20(18)28/h3-13H,14-15H2,1-2H3,(H,30,32)/b23-13+. The number of halogens is 2. The van der Waals surface area contributed by atoms with E-state index >= 15 is 0 Å². The van der Waals surface area contributed by atoms with Gasteiger partial charge in [0.25, 0.3) is 11.1 Å². The highest BCUT2D eigenvalue weighted by molar-refractivity contribution is 14.1. The second-order valence-corrected chi connectivity index (χ2v) is 10.7. The fraction of sp³-hybridized carbons (Fsp3) is 0.148. The second-order valence-electron chi connectivity index (χ2n) is 8.10. The van der Waals surface area contributed by atoms with E-state index in [1.807, 2.05) is 43.3 Å². The lowest BCUT2D eigenvalue weighted by atomic mass is 10.1. The molecule has 1 aliphatic heterocycles. The van der Waals surface area contributed by atoms with Gasteiger partial charge in [-0.05, 0) is 83.2 Å². The molecule has 0 bridgehead atoms. The molecule has 0 radical (unpaired) electrons. The van der Waals surface area contributed by atoms with Crippen LogP contribution in [0.1, 0.15) is 16.7 Å². The van der Waals surface area contributed by atoms with E-state index in [1.165, 1.54) is 7.11 Å². The average Bonchev–Trinajstić information content (AvgIpc) is 3.12. The van der Waals surface area contributed by atoms with Gasteiger partial charge in [-0.2, -0.15) is 0 Å². The molecule has 1 N–H and O–H groups in total. The fourth-order valence-electron chi connectivity index (χ4n) is 3.50. The zero-order valence-electron chi connectivity index (χ0n) is 19.9. The zero-order chi connectivity index (χ0) is 26.5. The Morgan fingerprint density at radius 2 is 1.86 bits per heavy atom. The number of methoxy groups -OCH3 is 1. The Balaban J connectivity index is 1.47. The lowest BCUT2D eigenvalue weighted by molar-refractivity contribution is -0.127. The Bertz CT molecular complexity index is 1390. The summed E-state index contributed by atoms with van der Waals surface area (Å²) in [5, 5.41) is 2.81. The number of hydrogen-bond donors (Lipinski definition) is 1. The minimum Gasteiger partial charge on any atom is -0.493 e. The quantitative estimate of drug-likeness (QED) is 0.221. The third kappa shape index (κ3) is 6.65. The molecule has 0 unspecified atom stereocenters. The Labute approximate surface area is 237 Å². The third-order valence-corrected chi connectivity index (χ3v) is 7.47. The topological polar surface area (TPSA) is 84.9 Å². The van der Waals surface area contributed by atoms with E-state index in [0.717, 1.165) is 31.4 Å². The van der Waals surface area contributed by atoms with E-state index in [9.17, 15) is 14.4 Å². The molecule has 0 aromatic heterocycles. The average molecular weight is 649 g/mol. The number of carbonyl (C=O) groups excluding carboxylic acids is 3. The Hall–Kier alpha value is -3.02. The smallest absolute Gasteiger partial charge is 0.294 e. The van der Waals surface area contributed by atoms with Crippen LogP contribution in [0.25, 0.3) is 6.08 Å². The van der Waals surface area contributed by atoms with Crippen molar-refractivity contribution in [2.24, 2.45) is 0 Å². The van der Waals surface area contributed by atoms with E-state index in [-0.39, 0.29) is 18.1 Å². The molecule has 3 aromatic rings. The van der Waals surface area contributed by atoms with Crippen molar-refractivity contribution in [2.45, 2.75) is 13.5 Å². The maximum Gasteiger partial charge on any atom is 0.294 e. The first kappa shape index (κ1) is 27.0. The summed E-state index contributed by atoms with van der Waals surface area (Å²) in [6.45, 7) is 1.83. The second kappa shape index (κ2) is 12.0. The number of ether oxygens (including phenoxy) is 2. The third-order valence-electron chi connectivity index (χ3n) is 5.39. The highest BCUT2D eigenvalue weighted by atomic mass is 127. The van der Waals surface area contributed by atoms with Gasteiger partial charge in [-0.15, -0.1) is 0 Å². The van der Waals surface area contributed by atoms with Crippen LogP contribution in [0.4, 0.5) is 10.5 Å². The molecule has 1 heterocycles. The van der Waals surface area contributed by atoms with Gasteiger partial charge in [-0.3, -0.25) is 19.3 Å². The Morgan fingerprint density at radius 1 is 1.14 bits per heavy atom. The fourth-order valence-corrected chi connectivity index (χ4v) is 5.31. The summed E-state index contributed by atoms with van der Waals surface area (Å²) < 4.78 is 12.3. The number of nitrogens with one attached hydrogen (secondary N) is 1. The number of imide groups is 1. The lowest BCUT2D eigenvalue weighted by Crippen LogP contribution is -2.36. The SMILES string of the molecule is COc1cc(/C=C2/SC(=O)N(CC(=O)Nc3ccc(C)cc3)C2=O)cc(I)c1OCc1ccccc1Cl. The van der Waals surface area contributed by atoms with Crippen molar-refractivity contribution in [1.82, 2.24) is 4.90 Å². The molecule has 3 amide bonds. The van der Waals surface area contributed by atoms with Crippen LogP contribution >= 0.6 is 46.0 Å². The summed E-state index contributed by atoms with van der Waals surface area (Å²) in [4.78, 5) is 39.0. The van der Waals surface area contributed by atoms with Crippen LogP contribution < -0.4 is 14.8 Å². The van der Waals surface area contributed by atoms with Crippen LogP contribution in [0.15, 0.2) is 65.6 Å². The minimum atomic E-state index is -0.526. The first-order valence-corrected chi connectivity index (χ1v) is 13.4. The van der Waals surface area contributed by atoms with E-state index in [1.54, 1.807) is 30.3 Å². The van der Waals surface area contributed by atoms with E-state index in [4.69, 9.17) is 21.1 Å². The molecule has 0 spiro atoms. The maximum absolute atomic E-state index is 12.9. The van der Waals surface area contributed by atoms with Gasteiger partial charge in [0, 0.05) is 16.3 Å². The summed E-state index contributed by atoms with van der Waals surface area (Å²) in [7, 11) is 1.53. The number of nitrogens with zero attached hydrogens (tertiary/aromatic N) is 1. The number of benzene rings is 3. The van der Waals surface area contributed by atoms with Crippen LogP contribution in [-0.2, 0) is 16.2 Å². The first-order valence-electron chi connectivity index (χ1n) is 11.1. The molecule has 0 atom stereocenters. The van der Waals surface area contributed by atoms with Crippen molar-refractivity contribution in [1.29, 1.82) is 0 Å². The summed E-state index contributed by atoms with van der Waals surface area (Å²) in [6.07, 6.45) is 1.60. The summed E-state index contributed by atoms with van der Waals surface area (Å²) in [5.74, 6) is 0.0358. The van der Waals surface area contributed by atoms with Crippen LogP contribution in [0, 0.1) is 10.5 Å². The number of rotatable bonds is 8. The molecule has 0 saturated carbocycles. The van der Waals surface area contributed by atoms with Crippen molar-refractivity contribution in [3.05, 3.63) is 90.9 Å². The molecule has 0 aliphatic carbocycles. The van der Waals surface area contributed by atoms with Crippen LogP contribution in [0.2, 0.25) is 5.02 Å². The molecule has 190 valence electrons. The van der Waals surface area contributed by atoms with Crippen LogP contribution in [0.5, 0.6) is 11.5 Å². The van der Waals surface area contributed by atoms with Crippen molar-refractivity contribution < 1.29 is 23.9 Å². The number of carbonyl (C=O) groups is 3. The molecule has 1 fully saturated rings. The monoisotopic (exact) mass is 648 g/mol. The van der Waals surface area contributed by atoms with Crippen molar-refractivity contribution >= 4 is 74.8 Å². The predicted molar refractivity (Wildman–Crippen MR) is 154 cm³/mol. The lowest BCUT2D eigenvalue weighted by Gasteiger charge is -2.14. The van der Waals surface area contributed by atoms with E-state index < -0.39 is 17.1 Å². The molecule has 1 saturated heterocycles. The van der Waals surface area contributed by atoms with E-state index in [2.05, 4.69) is 27.9 Å². The van der Waals surface area contributed by atoms with Gasteiger partial charge in [-0.1, -0.05) is 47.5 Å². The predicted octanol–water partition coefficient (Wildman–Crippen LogP) is 6.52. The van der Waals surface area contributed by atoms with Crippen molar-refractivity contribution in [3.8, 4) is 11.5 Å². The summed E-state index contributed by atoms with van der Waals surface area (Å²) in [6, 6.07) is 18.2. The van der Waals surface area contributed by atoms with Gasteiger partial charge in [0.2, 0.25) is 5.91 Å². The molecule has 10 heteroatoms. The summed E-state index contributed by atoms with van der Waals surface area (Å²) >= 11 is 9.14. The summed E-state index contributed by atoms with van der Waals surface area (Å²) in [5.41, 5.74) is 3.14. The highest BCUT2D eigenvalue weighted by Crippen LogP contribution is 2.38. The Kier molecular flexibility index (Phi) is 8.78. The van der Waals surface area contributed by atoms with Gasteiger partial charge in [0.15, 0.2) is 11.5 Å². The van der Waals surface area contributed by atoms with E-state index in [0.29, 0.717) is 27.8 Å². The first-order chi connectivity index (χ1) is 17.7. The molecule has 1 aliphatic rings. The zero-order valence-corrected chi connectivity index (χ0v) is 23.6. The number of hydrogen-bond acceptors (Lipinski definition) is 6. The van der Waals surface area contributed by atoms with Gasteiger partial charge in [0.05, 0.1) is 15.6 Å². The maximum atomic E-state index is 12.9. The Morgan fingerprint density at radius 3 is 2.57 bits per heavy atom. The number of aryl methyl sites for hydroxylation is 1. The molecular formula is C27H22ClIN2O5S. The molecular weight excluding hydrogens is 627 g/mol. The van der Waals surface area contributed by atoms with Crippen LogP contribution in [-0.4, -0.2) is 35.6 Å². The van der Waals surface area contributed by atoms with Crippen molar-refractivity contribution in [2.75, 3.05) is 19.0 Å². The number of anilines is 1. The highest BCUT2D eigenvalue weighted by Gasteiger charge is 2.36. The number of thioether (sulfide) groups is 1. The van der Waals surface area contributed by atoms with Crippen molar-refractivity contribution in [3.63, 3.8) is 0 Å². The molecule has 3 aromatic carbocycles. The van der Waals surface area contributed by atoms with Gasteiger partial charge < -0.3 is 14.8 Å².